The van der Waals surface area contributed by atoms with Gasteiger partial charge in [-0.05, 0) is 31.5 Å². The monoisotopic (exact) mass is 317 g/mol. The van der Waals surface area contributed by atoms with E-state index in [4.69, 9.17) is 10.5 Å². The molecule has 5 nitrogen and oxygen atoms in total. The Morgan fingerprint density at radius 3 is 2.83 bits per heavy atom. The number of nitrogens with one attached hydrogen (secondary N) is 1. The number of aromatic nitrogens is 1. The van der Waals surface area contributed by atoms with Gasteiger partial charge in [0.1, 0.15) is 5.82 Å². The molecule has 0 spiro atoms. The maximum atomic E-state index is 14.3. The molecule has 0 aliphatic rings. The number of carbonyl (C=O) groups excluding carboxylic acids is 1. The second-order valence-electron chi connectivity index (χ2n) is 5.15. The Hall–Kier alpha value is -2.63. The van der Waals surface area contributed by atoms with Crippen LogP contribution in [0.3, 0.4) is 0 Å². The van der Waals surface area contributed by atoms with E-state index in [9.17, 15) is 9.18 Å². The molecule has 0 bridgehead atoms. The van der Waals surface area contributed by atoms with Crippen molar-refractivity contribution in [3.8, 4) is 5.75 Å². The number of carbonyl (C=O) groups is 1. The van der Waals surface area contributed by atoms with Gasteiger partial charge in [0.25, 0.3) is 5.91 Å². The van der Waals surface area contributed by atoms with Crippen molar-refractivity contribution in [3.05, 3.63) is 53.0 Å². The maximum Gasteiger partial charge on any atom is 0.255 e. The lowest BCUT2D eigenvalue weighted by atomic mass is 10.1. The van der Waals surface area contributed by atoms with Crippen LogP contribution >= 0.6 is 0 Å². The normalized spacial score (nSPS) is 10.4. The summed E-state index contributed by atoms with van der Waals surface area (Å²) in [5.74, 6) is -0.511. The minimum atomic E-state index is -0.462. The molecule has 0 atom stereocenters. The van der Waals surface area contributed by atoms with Gasteiger partial charge in [-0.3, -0.25) is 4.79 Å². The third kappa shape index (κ3) is 4.18. The molecule has 3 N–H and O–H groups in total. The number of nitrogens with two attached hydrogens (primary N) is 1. The zero-order valence-corrected chi connectivity index (χ0v) is 13.2. The van der Waals surface area contributed by atoms with Gasteiger partial charge in [-0.1, -0.05) is 19.1 Å². The van der Waals surface area contributed by atoms with Crippen LogP contribution in [-0.2, 0) is 6.54 Å². The second kappa shape index (κ2) is 7.58. The first-order valence-electron chi connectivity index (χ1n) is 7.44. The Morgan fingerprint density at radius 1 is 1.35 bits per heavy atom. The van der Waals surface area contributed by atoms with Crippen molar-refractivity contribution in [1.82, 2.24) is 10.3 Å². The molecule has 0 fully saturated rings. The Balaban J connectivity index is 2.07. The number of hydrogen-bond donors (Lipinski definition) is 2. The van der Waals surface area contributed by atoms with Crippen LogP contribution in [0, 0.1) is 12.7 Å². The van der Waals surface area contributed by atoms with Gasteiger partial charge in [0.15, 0.2) is 11.6 Å². The Bertz CT molecular complexity index is 704. The number of benzene rings is 1. The molecule has 1 amide bonds. The van der Waals surface area contributed by atoms with Gasteiger partial charge < -0.3 is 15.8 Å². The smallest absolute Gasteiger partial charge is 0.255 e. The van der Waals surface area contributed by atoms with Crippen LogP contribution in [0.2, 0.25) is 0 Å². The largest absolute Gasteiger partial charge is 0.491 e. The predicted molar refractivity (Wildman–Crippen MR) is 86.7 cm³/mol. The fraction of sp³-hybridized carbons (Fsp3) is 0.294. The number of anilines is 1. The minimum absolute atomic E-state index is 0.0430. The van der Waals surface area contributed by atoms with Gasteiger partial charge >= 0.3 is 0 Å². The molecule has 0 saturated heterocycles. The fourth-order valence-corrected chi connectivity index (χ4v) is 2.06. The van der Waals surface area contributed by atoms with Gasteiger partial charge in [-0.2, -0.15) is 0 Å². The van der Waals surface area contributed by atoms with E-state index in [1.54, 1.807) is 37.3 Å². The summed E-state index contributed by atoms with van der Waals surface area (Å²) in [4.78, 5) is 16.2. The van der Waals surface area contributed by atoms with E-state index >= 15 is 0 Å². The lowest BCUT2D eigenvalue weighted by Crippen LogP contribution is -2.24. The first kappa shape index (κ1) is 16.7. The van der Waals surface area contributed by atoms with Crippen molar-refractivity contribution < 1.29 is 13.9 Å². The molecule has 1 aromatic heterocycles. The van der Waals surface area contributed by atoms with Crippen LogP contribution in [0.5, 0.6) is 5.75 Å². The van der Waals surface area contributed by atoms with Crippen molar-refractivity contribution >= 4 is 11.7 Å². The molecule has 1 aromatic carbocycles. The summed E-state index contributed by atoms with van der Waals surface area (Å²) in [7, 11) is 0. The molecule has 1 heterocycles. The van der Waals surface area contributed by atoms with E-state index in [1.165, 1.54) is 0 Å². The highest BCUT2D eigenvalue weighted by Crippen LogP contribution is 2.21. The van der Waals surface area contributed by atoms with Gasteiger partial charge in [0.2, 0.25) is 0 Å². The van der Waals surface area contributed by atoms with Crippen molar-refractivity contribution in [2.45, 2.75) is 26.8 Å². The zero-order chi connectivity index (χ0) is 16.8. The van der Waals surface area contributed by atoms with Crippen LogP contribution in [0.15, 0.2) is 30.3 Å². The highest BCUT2D eigenvalue weighted by atomic mass is 19.1. The summed E-state index contributed by atoms with van der Waals surface area (Å²) in [5.41, 5.74) is 7.09. The van der Waals surface area contributed by atoms with Crippen molar-refractivity contribution in [2.24, 2.45) is 0 Å². The summed E-state index contributed by atoms with van der Waals surface area (Å²) in [6, 6.07) is 8.16. The number of halogens is 1. The van der Waals surface area contributed by atoms with E-state index in [-0.39, 0.29) is 23.7 Å². The molecule has 2 aromatic rings. The van der Waals surface area contributed by atoms with E-state index in [0.29, 0.717) is 12.2 Å². The third-order valence-corrected chi connectivity index (χ3v) is 3.25. The van der Waals surface area contributed by atoms with Gasteiger partial charge in [0.05, 0.1) is 12.2 Å². The first-order valence-corrected chi connectivity index (χ1v) is 7.44. The molecular weight excluding hydrogens is 297 g/mol. The molecule has 0 radical (unpaired) electrons. The standard InChI is InChI=1S/C17H20FN3O2/c1-3-9-23-14-6-4-5-12(15(14)18)10-20-17(22)13-8-7-11(2)21-16(13)19/h4-8H,3,9-10H2,1-2H3,(H2,19,21)(H,20,22). The molecule has 0 aliphatic carbocycles. The lowest BCUT2D eigenvalue weighted by Gasteiger charge is -2.11. The molecule has 2 rings (SSSR count). The maximum absolute atomic E-state index is 14.3. The molecule has 0 saturated carbocycles. The quantitative estimate of drug-likeness (QED) is 0.859. The van der Waals surface area contributed by atoms with E-state index in [1.807, 2.05) is 6.92 Å². The highest BCUT2D eigenvalue weighted by Gasteiger charge is 2.13. The second-order valence-corrected chi connectivity index (χ2v) is 5.15. The van der Waals surface area contributed by atoms with Gasteiger partial charge in [-0.15, -0.1) is 0 Å². The number of rotatable bonds is 6. The third-order valence-electron chi connectivity index (χ3n) is 3.25. The summed E-state index contributed by atoms with van der Waals surface area (Å²) in [6.07, 6.45) is 0.792. The number of nitrogen functional groups attached to an aromatic ring is 1. The first-order chi connectivity index (χ1) is 11.0. The summed E-state index contributed by atoms with van der Waals surface area (Å²) in [5, 5.41) is 2.65. The van der Waals surface area contributed by atoms with Crippen LogP contribution in [0.4, 0.5) is 10.2 Å². The van der Waals surface area contributed by atoms with Gasteiger partial charge in [0, 0.05) is 17.8 Å². The molecular formula is C17H20FN3O2. The van der Waals surface area contributed by atoms with Crippen LogP contribution in [0.25, 0.3) is 0 Å². The number of ether oxygens (including phenoxy) is 1. The molecule has 6 heteroatoms. The topological polar surface area (TPSA) is 77.2 Å². The fourth-order valence-electron chi connectivity index (χ4n) is 2.06. The zero-order valence-electron chi connectivity index (χ0n) is 13.2. The Labute approximate surface area is 134 Å². The number of hydrogen-bond acceptors (Lipinski definition) is 4. The summed E-state index contributed by atoms with van der Waals surface area (Å²) >= 11 is 0. The molecule has 122 valence electrons. The highest BCUT2D eigenvalue weighted by molar-refractivity contribution is 5.98. The molecule has 23 heavy (non-hydrogen) atoms. The summed E-state index contributed by atoms with van der Waals surface area (Å²) < 4.78 is 19.6. The van der Waals surface area contributed by atoms with E-state index in [0.717, 1.165) is 12.1 Å². The number of aryl methyl sites for hydroxylation is 1. The summed E-state index contributed by atoms with van der Waals surface area (Å²) in [6.45, 7) is 4.22. The van der Waals surface area contributed by atoms with Crippen molar-refractivity contribution in [2.75, 3.05) is 12.3 Å². The average Bonchev–Trinajstić information content (AvgIpc) is 2.52. The predicted octanol–water partition coefficient (Wildman–Crippen LogP) is 2.83. The van der Waals surface area contributed by atoms with E-state index < -0.39 is 11.7 Å². The van der Waals surface area contributed by atoms with Gasteiger partial charge in [-0.25, -0.2) is 9.37 Å². The van der Waals surface area contributed by atoms with Crippen LogP contribution < -0.4 is 15.8 Å². The van der Waals surface area contributed by atoms with E-state index in [2.05, 4.69) is 10.3 Å². The number of nitrogens with zero attached hydrogens (tertiary/aromatic N) is 1. The number of amides is 1. The number of pyridine rings is 1. The SMILES string of the molecule is CCCOc1cccc(CNC(=O)c2ccc(C)nc2N)c1F. The Kier molecular flexibility index (Phi) is 5.51. The van der Waals surface area contributed by atoms with Crippen molar-refractivity contribution in [3.63, 3.8) is 0 Å². The lowest BCUT2D eigenvalue weighted by molar-refractivity contribution is 0.0951. The van der Waals surface area contributed by atoms with Crippen LogP contribution in [0.1, 0.15) is 35.0 Å². The molecule has 0 aliphatic heterocycles. The molecule has 0 unspecified atom stereocenters. The Morgan fingerprint density at radius 2 is 2.13 bits per heavy atom. The average molecular weight is 317 g/mol. The minimum Gasteiger partial charge on any atom is -0.491 e. The van der Waals surface area contributed by atoms with Crippen LogP contribution in [-0.4, -0.2) is 17.5 Å². The van der Waals surface area contributed by atoms with Crippen molar-refractivity contribution in [1.29, 1.82) is 0 Å².